The van der Waals surface area contributed by atoms with E-state index in [0.29, 0.717) is 5.56 Å². The summed E-state index contributed by atoms with van der Waals surface area (Å²) in [5.41, 5.74) is 0.450. The Kier molecular flexibility index (Phi) is 5.70. The van der Waals surface area contributed by atoms with Gasteiger partial charge < -0.3 is 4.18 Å². The van der Waals surface area contributed by atoms with E-state index in [1.165, 1.54) is 53.8 Å². The molecule has 1 aromatic heterocycles. The van der Waals surface area contributed by atoms with Crippen LogP contribution in [-0.2, 0) is 10.1 Å². The zero-order chi connectivity index (χ0) is 18.6. The third kappa shape index (κ3) is 4.69. The van der Waals surface area contributed by atoms with E-state index in [2.05, 4.69) is 15.9 Å². The van der Waals surface area contributed by atoms with E-state index in [9.17, 15) is 13.2 Å². The van der Waals surface area contributed by atoms with Gasteiger partial charge in [0.05, 0.1) is 0 Å². The Morgan fingerprint density at radius 3 is 2.31 bits per heavy atom. The van der Waals surface area contributed by atoms with E-state index < -0.39 is 10.1 Å². The topological polar surface area (TPSA) is 60.4 Å². The van der Waals surface area contributed by atoms with Crippen molar-refractivity contribution < 1.29 is 17.4 Å². The van der Waals surface area contributed by atoms with Crippen molar-refractivity contribution in [3.63, 3.8) is 0 Å². The van der Waals surface area contributed by atoms with Gasteiger partial charge in [-0.25, -0.2) is 0 Å². The highest BCUT2D eigenvalue weighted by atomic mass is 79.9. The molecule has 0 bridgehead atoms. The average Bonchev–Trinajstić information content (AvgIpc) is 3.14. The van der Waals surface area contributed by atoms with Gasteiger partial charge in [-0.2, -0.15) is 8.42 Å². The van der Waals surface area contributed by atoms with E-state index in [4.69, 9.17) is 4.18 Å². The zero-order valence-corrected chi connectivity index (χ0v) is 16.6. The molecule has 0 aliphatic carbocycles. The van der Waals surface area contributed by atoms with Gasteiger partial charge in [-0.1, -0.05) is 22.0 Å². The van der Waals surface area contributed by atoms with E-state index >= 15 is 0 Å². The van der Waals surface area contributed by atoms with Crippen LogP contribution in [0.15, 0.2) is 81.5 Å². The Labute approximate surface area is 164 Å². The largest absolute Gasteiger partial charge is 0.379 e. The fourth-order valence-corrected chi connectivity index (χ4v) is 3.90. The molecule has 0 amide bonds. The lowest BCUT2D eigenvalue weighted by Gasteiger charge is -2.07. The molecule has 0 saturated carbocycles. The second-order valence-electron chi connectivity index (χ2n) is 5.23. The lowest BCUT2D eigenvalue weighted by atomic mass is 10.1. The van der Waals surface area contributed by atoms with Crippen molar-refractivity contribution in [2.24, 2.45) is 0 Å². The van der Waals surface area contributed by atoms with Crippen LogP contribution in [-0.4, -0.2) is 14.2 Å². The molecule has 0 radical (unpaired) electrons. The van der Waals surface area contributed by atoms with Gasteiger partial charge in [0.15, 0.2) is 5.78 Å². The minimum atomic E-state index is -3.92. The molecule has 0 spiro atoms. The Morgan fingerprint density at radius 1 is 1.00 bits per heavy atom. The first-order valence-corrected chi connectivity index (χ1v) is 10.6. The van der Waals surface area contributed by atoms with Crippen molar-refractivity contribution in [1.82, 2.24) is 0 Å². The zero-order valence-electron chi connectivity index (χ0n) is 13.3. The second kappa shape index (κ2) is 7.99. The molecular formula is C19H13BrO4S2. The fraction of sp³-hybridized carbons (Fsp3) is 0. The molecule has 4 nitrogen and oxygen atoms in total. The van der Waals surface area contributed by atoms with Crippen LogP contribution in [0.25, 0.3) is 6.08 Å². The summed E-state index contributed by atoms with van der Waals surface area (Å²) in [4.78, 5) is 13.2. The Bertz CT molecular complexity index is 1020. The number of rotatable bonds is 6. The summed E-state index contributed by atoms with van der Waals surface area (Å²) < 4.78 is 30.4. The molecule has 3 rings (SSSR count). The van der Waals surface area contributed by atoms with Crippen LogP contribution in [0.2, 0.25) is 0 Å². The third-order valence-electron chi connectivity index (χ3n) is 3.39. The number of allylic oxidation sites excluding steroid dienone is 1. The quantitative estimate of drug-likeness (QED) is 0.296. The lowest BCUT2D eigenvalue weighted by molar-refractivity contribution is 0.104. The van der Waals surface area contributed by atoms with Crippen LogP contribution < -0.4 is 4.18 Å². The highest BCUT2D eigenvalue weighted by molar-refractivity contribution is 9.10. The summed E-state index contributed by atoms with van der Waals surface area (Å²) >= 11 is 4.79. The lowest BCUT2D eigenvalue weighted by Crippen LogP contribution is -2.09. The number of thiophene rings is 1. The molecule has 0 aliphatic rings. The summed E-state index contributed by atoms with van der Waals surface area (Å²) in [6, 6.07) is 16.0. The van der Waals surface area contributed by atoms with Crippen molar-refractivity contribution >= 4 is 49.2 Å². The van der Waals surface area contributed by atoms with Crippen LogP contribution in [0.3, 0.4) is 0 Å². The van der Waals surface area contributed by atoms with E-state index in [1.807, 2.05) is 17.5 Å². The van der Waals surface area contributed by atoms with Crippen molar-refractivity contribution in [2.75, 3.05) is 0 Å². The minimum absolute atomic E-state index is 0.0553. The maximum absolute atomic E-state index is 12.3. The minimum Gasteiger partial charge on any atom is -0.379 e. The fourth-order valence-electron chi connectivity index (χ4n) is 2.09. The molecule has 0 unspecified atom stereocenters. The molecule has 0 fully saturated rings. The van der Waals surface area contributed by atoms with E-state index in [1.54, 1.807) is 18.2 Å². The first-order chi connectivity index (χ1) is 12.4. The Morgan fingerprint density at radius 2 is 1.69 bits per heavy atom. The van der Waals surface area contributed by atoms with Gasteiger partial charge >= 0.3 is 10.1 Å². The van der Waals surface area contributed by atoms with Gasteiger partial charge in [0, 0.05) is 14.9 Å². The summed E-state index contributed by atoms with van der Waals surface area (Å²) in [5, 5.41) is 1.93. The average molecular weight is 449 g/mol. The number of hydrogen-bond donors (Lipinski definition) is 0. The van der Waals surface area contributed by atoms with Gasteiger partial charge in [-0.05, 0) is 72.1 Å². The Balaban J connectivity index is 1.71. The van der Waals surface area contributed by atoms with Crippen LogP contribution >= 0.6 is 27.3 Å². The number of halogens is 1. The third-order valence-corrected chi connectivity index (χ3v) is 6.02. The van der Waals surface area contributed by atoms with Crippen LogP contribution in [0, 0.1) is 0 Å². The van der Waals surface area contributed by atoms with Gasteiger partial charge in [-0.15, -0.1) is 11.3 Å². The molecule has 3 aromatic rings. The molecular weight excluding hydrogens is 436 g/mol. The van der Waals surface area contributed by atoms with E-state index in [0.717, 1.165) is 9.35 Å². The normalized spacial score (nSPS) is 11.6. The maximum Gasteiger partial charge on any atom is 0.339 e. The van der Waals surface area contributed by atoms with Gasteiger partial charge in [0.1, 0.15) is 10.6 Å². The number of ketones is 1. The standard InChI is InChI=1S/C19H13BrO4S2/c20-15-5-10-18(11-6-15)26(22,23)24-16-7-3-14(4-8-16)19(21)12-9-17-2-1-13-25-17/h1-13H/b12-9+. The first-order valence-electron chi connectivity index (χ1n) is 7.50. The molecule has 1 heterocycles. The van der Waals surface area contributed by atoms with Gasteiger partial charge in [0.25, 0.3) is 0 Å². The molecule has 0 N–H and O–H groups in total. The van der Waals surface area contributed by atoms with Crippen molar-refractivity contribution in [2.45, 2.75) is 4.90 Å². The molecule has 0 atom stereocenters. The Hall–Kier alpha value is -2.22. The molecule has 132 valence electrons. The summed E-state index contributed by atoms with van der Waals surface area (Å²) in [6.45, 7) is 0. The smallest absolute Gasteiger partial charge is 0.339 e. The number of hydrogen-bond acceptors (Lipinski definition) is 5. The summed E-state index contributed by atoms with van der Waals surface area (Å²) in [6.07, 6.45) is 3.23. The molecule has 0 aliphatic heterocycles. The highest BCUT2D eigenvalue weighted by Crippen LogP contribution is 2.21. The second-order valence-corrected chi connectivity index (χ2v) is 8.67. The summed E-state index contributed by atoms with van der Waals surface area (Å²) in [5.74, 6) is -0.0209. The first kappa shape index (κ1) is 18.6. The van der Waals surface area contributed by atoms with Gasteiger partial charge in [-0.3, -0.25) is 4.79 Å². The van der Waals surface area contributed by atoms with E-state index in [-0.39, 0.29) is 16.4 Å². The predicted octanol–water partition coefficient (Wildman–Crippen LogP) is 5.17. The number of carbonyl (C=O) groups excluding carboxylic acids is 1. The van der Waals surface area contributed by atoms with Gasteiger partial charge in [0.2, 0.25) is 0 Å². The number of benzene rings is 2. The van der Waals surface area contributed by atoms with Crippen molar-refractivity contribution in [1.29, 1.82) is 0 Å². The monoisotopic (exact) mass is 448 g/mol. The van der Waals surface area contributed by atoms with Crippen LogP contribution in [0.1, 0.15) is 15.2 Å². The highest BCUT2D eigenvalue weighted by Gasteiger charge is 2.16. The van der Waals surface area contributed by atoms with Crippen LogP contribution in [0.4, 0.5) is 0 Å². The SMILES string of the molecule is O=C(/C=C/c1cccs1)c1ccc(OS(=O)(=O)c2ccc(Br)cc2)cc1. The predicted molar refractivity (Wildman–Crippen MR) is 106 cm³/mol. The molecule has 7 heteroatoms. The molecule has 2 aromatic carbocycles. The van der Waals surface area contributed by atoms with Crippen LogP contribution in [0.5, 0.6) is 5.75 Å². The molecule has 0 saturated heterocycles. The van der Waals surface area contributed by atoms with Crippen molar-refractivity contribution in [3.05, 3.63) is 87.0 Å². The number of carbonyl (C=O) groups is 1. The maximum atomic E-state index is 12.3. The van der Waals surface area contributed by atoms with Crippen molar-refractivity contribution in [3.8, 4) is 5.75 Å². The molecule has 26 heavy (non-hydrogen) atoms. The summed E-state index contributed by atoms with van der Waals surface area (Å²) in [7, 11) is -3.92.